The highest BCUT2D eigenvalue weighted by molar-refractivity contribution is 6.29. The zero-order valence-electron chi connectivity index (χ0n) is 7.89. The molecular formula is C9H14ClNO. The van der Waals surface area contributed by atoms with E-state index in [2.05, 4.69) is 4.98 Å². The highest BCUT2D eigenvalue weighted by atomic mass is 35.5. The Balaban J connectivity index is 0.000000561. The van der Waals surface area contributed by atoms with Gasteiger partial charge in [0.1, 0.15) is 10.9 Å². The van der Waals surface area contributed by atoms with Gasteiger partial charge in [-0.2, -0.15) is 0 Å². The highest BCUT2D eigenvalue weighted by Crippen LogP contribution is 2.18. The van der Waals surface area contributed by atoms with Crippen LogP contribution in [0.3, 0.4) is 0 Å². The van der Waals surface area contributed by atoms with Crippen molar-refractivity contribution in [1.82, 2.24) is 4.98 Å². The van der Waals surface area contributed by atoms with Gasteiger partial charge in [-0.25, -0.2) is 4.98 Å². The summed E-state index contributed by atoms with van der Waals surface area (Å²) in [4.78, 5) is 3.87. The van der Waals surface area contributed by atoms with Gasteiger partial charge in [0.25, 0.3) is 0 Å². The van der Waals surface area contributed by atoms with Crippen LogP contribution in [0, 0.1) is 6.92 Å². The lowest BCUT2D eigenvalue weighted by molar-refractivity contribution is 0.411. The molecule has 2 nitrogen and oxygen atoms in total. The monoisotopic (exact) mass is 187 g/mol. The first kappa shape index (κ1) is 11.2. The van der Waals surface area contributed by atoms with Gasteiger partial charge < -0.3 is 4.74 Å². The number of methoxy groups -OCH3 is 1. The summed E-state index contributed by atoms with van der Waals surface area (Å²) in [5.41, 5.74) is 0.993. The van der Waals surface area contributed by atoms with Crippen LogP contribution in [0.15, 0.2) is 12.3 Å². The Morgan fingerprint density at radius 1 is 1.42 bits per heavy atom. The van der Waals surface area contributed by atoms with Crippen LogP contribution < -0.4 is 4.74 Å². The molecule has 12 heavy (non-hydrogen) atoms. The summed E-state index contributed by atoms with van der Waals surface area (Å²) in [7, 11) is 1.61. The molecular weight excluding hydrogens is 174 g/mol. The van der Waals surface area contributed by atoms with E-state index >= 15 is 0 Å². The van der Waals surface area contributed by atoms with Gasteiger partial charge in [0.15, 0.2) is 0 Å². The third kappa shape index (κ3) is 3.09. The van der Waals surface area contributed by atoms with Crippen LogP contribution in [0.25, 0.3) is 0 Å². The first-order chi connectivity index (χ1) is 5.74. The smallest absolute Gasteiger partial charge is 0.132 e. The lowest BCUT2D eigenvalue weighted by Crippen LogP contribution is -1.87. The Bertz CT molecular complexity index is 238. The number of aromatic nitrogens is 1. The maximum absolute atomic E-state index is 5.60. The predicted molar refractivity (Wildman–Crippen MR) is 51.9 cm³/mol. The first-order valence-electron chi connectivity index (χ1n) is 3.90. The molecule has 0 spiro atoms. The SMILES string of the molecule is CC.COc1cc(Cl)ncc1C. The zero-order chi connectivity index (χ0) is 9.56. The molecule has 0 aromatic carbocycles. The van der Waals surface area contributed by atoms with Crippen molar-refractivity contribution >= 4 is 11.6 Å². The number of nitrogens with zero attached hydrogens (tertiary/aromatic N) is 1. The standard InChI is InChI=1S/C7H8ClNO.C2H6/c1-5-4-9-7(8)3-6(5)10-2;1-2/h3-4H,1-2H3;1-2H3. The minimum Gasteiger partial charge on any atom is -0.496 e. The van der Waals surface area contributed by atoms with Crippen LogP contribution in [0.1, 0.15) is 19.4 Å². The van der Waals surface area contributed by atoms with E-state index in [-0.39, 0.29) is 0 Å². The molecule has 0 aliphatic carbocycles. The van der Waals surface area contributed by atoms with Gasteiger partial charge in [-0.3, -0.25) is 0 Å². The van der Waals surface area contributed by atoms with Gasteiger partial charge in [0.2, 0.25) is 0 Å². The van der Waals surface area contributed by atoms with Gasteiger partial charge in [0, 0.05) is 17.8 Å². The van der Waals surface area contributed by atoms with E-state index in [9.17, 15) is 0 Å². The number of ether oxygens (including phenoxy) is 1. The normalized spacial score (nSPS) is 8.42. The Labute approximate surface area is 78.5 Å². The van der Waals surface area contributed by atoms with E-state index in [0.29, 0.717) is 5.15 Å². The fraction of sp³-hybridized carbons (Fsp3) is 0.444. The third-order valence-electron chi connectivity index (χ3n) is 1.24. The van der Waals surface area contributed by atoms with Crippen LogP contribution >= 0.6 is 11.6 Å². The minimum atomic E-state index is 0.461. The topological polar surface area (TPSA) is 22.1 Å². The number of pyridine rings is 1. The van der Waals surface area contributed by atoms with E-state index in [0.717, 1.165) is 11.3 Å². The molecule has 1 aromatic heterocycles. The van der Waals surface area contributed by atoms with Crippen LogP contribution in [0.2, 0.25) is 5.15 Å². The number of hydrogen-bond acceptors (Lipinski definition) is 2. The molecule has 1 rings (SSSR count). The number of halogens is 1. The van der Waals surface area contributed by atoms with E-state index in [1.54, 1.807) is 19.4 Å². The van der Waals surface area contributed by atoms with Crippen molar-refractivity contribution in [1.29, 1.82) is 0 Å². The highest BCUT2D eigenvalue weighted by Gasteiger charge is 1.97. The average molecular weight is 188 g/mol. The van der Waals surface area contributed by atoms with Crippen molar-refractivity contribution in [3.8, 4) is 5.75 Å². The molecule has 0 radical (unpaired) electrons. The molecule has 0 atom stereocenters. The van der Waals surface area contributed by atoms with Crippen molar-refractivity contribution in [3.63, 3.8) is 0 Å². The summed E-state index contributed by atoms with van der Waals surface area (Å²) >= 11 is 5.60. The molecule has 0 bridgehead atoms. The average Bonchev–Trinajstić information content (AvgIpc) is 2.13. The molecule has 1 aromatic rings. The Hall–Kier alpha value is -0.760. The second-order valence-electron chi connectivity index (χ2n) is 1.98. The lowest BCUT2D eigenvalue weighted by atomic mass is 10.3. The van der Waals surface area contributed by atoms with E-state index in [4.69, 9.17) is 16.3 Å². The molecule has 3 heteroatoms. The fourth-order valence-electron chi connectivity index (χ4n) is 0.701. The summed E-state index contributed by atoms with van der Waals surface area (Å²) in [6, 6.07) is 1.69. The Morgan fingerprint density at radius 3 is 2.42 bits per heavy atom. The largest absolute Gasteiger partial charge is 0.496 e. The quantitative estimate of drug-likeness (QED) is 0.631. The fourth-order valence-corrected chi connectivity index (χ4v) is 0.849. The molecule has 0 amide bonds. The first-order valence-corrected chi connectivity index (χ1v) is 4.28. The van der Waals surface area contributed by atoms with Gasteiger partial charge in [-0.05, 0) is 6.92 Å². The van der Waals surface area contributed by atoms with Crippen LogP contribution in [0.4, 0.5) is 0 Å². The van der Waals surface area contributed by atoms with Crippen molar-refractivity contribution in [2.45, 2.75) is 20.8 Å². The van der Waals surface area contributed by atoms with Gasteiger partial charge in [-0.1, -0.05) is 25.4 Å². The number of aryl methyl sites for hydroxylation is 1. The molecule has 0 saturated heterocycles. The summed E-state index contributed by atoms with van der Waals surface area (Å²) in [6.45, 7) is 5.92. The van der Waals surface area contributed by atoms with Crippen LogP contribution in [0.5, 0.6) is 5.75 Å². The van der Waals surface area contributed by atoms with Gasteiger partial charge in [0.05, 0.1) is 7.11 Å². The van der Waals surface area contributed by atoms with Gasteiger partial charge in [-0.15, -0.1) is 0 Å². The van der Waals surface area contributed by atoms with Crippen molar-refractivity contribution in [3.05, 3.63) is 23.0 Å². The second kappa shape index (κ2) is 5.84. The van der Waals surface area contributed by atoms with Crippen molar-refractivity contribution in [2.24, 2.45) is 0 Å². The van der Waals surface area contributed by atoms with Crippen LogP contribution in [-0.4, -0.2) is 12.1 Å². The van der Waals surface area contributed by atoms with Crippen molar-refractivity contribution in [2.75, 3.05) is 7.11 Å². The molecule has 0 saturated carbocycles. The van der Waals surface area contributed by atoms with E-state index in [1.165, 1.54) is 0 Å². The predicted octanol–water partition coefficient (Wildman–Crippen LogP) is 3.08. The Morgan fingerprint density at radius 2 is 2.00 bits per heavy atom. The van der Waals surface area contributed by atoms with Crippen LogP contribution in [-0.2, 0) is 0 Å². The second-order valence-corrected chi connectivity index (χ2v) is 2.36. The molecule has 0 aliphatic heterocycles. The Kier molecular flexibility index (Phi) is 5.47. The maximum atomic E-state index is 5.60. The summed E-state index contributed by atoms with van der Waals surface area (Å²) in [6.07, 6.45) is 1.68. The van der Waals surface area contributed by atoms with Crippen molar-refractivity contribution < 1.29 is 4.74 Å². The van der Waals surface area contributed by atoms with Gasteiger partial charge >= 0.3 is 0 Å². The maximum Gasteiger partial charge on any atom is 0.132 e. The molecule has 0 N–H and O–H groups in total. The molecule has 0 fully saturated rings. The summed E-state index contributed by atoms with van der Waals surface area (Å²) in [5, 5.41) is 0.461. The molecule has 0 unspecified atom stereocenters. The van der Waals surface area contributed by atoms with E-state index < -0.39 is 0 Å². The number of rotatable bonds is 1. The summed E-state index contributed by atoms with van der Waals surface area (Å²) < 4.78 is 5.00. The lowest BCUT2D eigenvalue weighted by Gasteiger charge is -2.01. The minimum absolute atomic E-state index is 0.461. The molecule has 0 aliphatic rings. The number of hydrogen-bond donors (Lipinski definition) is 0. The molecule has 68 valence electrons. The summed E-state index contributed by atoms with van der Waals surface area (Å²) in [5.74, 6) is 0.778. The van der Waals surface area contributed by atoms with E-state index in [1.807, 2.05) is 20.8 Å². The zero-order valence-corrected chi connectivity index (χ0v) is 8.64. The third-order valence-corrected chi connectivity index (χ3v) is 1.45. The molecule has 1 heterocycles.